The molecular formula is C10H23N3O4S. The Morgan fingerprint density at radius 3 is 2.39 bits per heavy atom. The molecule has 1 N–H and O–H groups in total. The molecule has 0 atom stereocenters. The Hall–Kier alpha value is -0.700. The fourth-order valence-corrected chi connectivity index (χ4v) is 2.01. The van der Waals surface area contributed by atoms with Gasteiger partial charge in [-0.1, -0.05) is 6.92 Å². The van der Waals surface area contributed by atoms with E-state index in [2.05, 4.69) is 9.46 Å². The van der Waals surface area contributed by atoms with Crippen LogP contribution in [-0.2, 0) is 19.7 Å². The molecule has 0 saturated carbocycles. The van der Waals surface area contributed by atoms with Crippen molar-refractivity contribution in [1.82, 2.24) is 13.9 Å². The van der Waals surface area contributed by atoms with Gasteiger partial charge in [0.25, 0.3) is 10.2 Å². The van der Waals surface area contributed by atoms with Crippen LogP contribution < -0.4 is 4.72 Å². The van der Waals surface area contributed by atoms with E-state index >= 15 is 0 Å². The average Bonchev–Trinajstić information content (AvgIpc) is 2.34. The number of methoxy groups -OCH3 is 1. The summed E-state index contributed by atoms with van der Waals surface area (Å²) in [5.41, 5.74) is 0. The van der Waals surface area contributed by atoms with Crippen molar-refractivity contribution < 1.29 is 17.9 Å². The molecular weight excluding hydrogens is 258 g/mol. The monoisotopic (exact) mass is 281 g/mol. The first-order chi connectivity index (χ1) is 8.33. The van der Waals surface area contributed by atoms with Gasteiger partial charge in [-0.15, -0.1) is 0 Å². The van der Waals surface area contributed by atoms with E-state index < -0.39 is 16.2 Å². The van der Waals surface area contributed by atoms with E-state index in [9.17, 15) is 13.2 Å². The fourth-order valence-electron chi connectivity index (χ4n) is 1.10. The zero-order chi connectivity index (χ0) is 14.2. The molecule has 0 aromatic carbocycles. The summed E-state index contributed by atoms with van der Waals surface area (Å²) in [6.07, 6.45) is 0.0444. The van der Waals surface area contributed by atoms with Gasteiger partial charge in [-0.25, -0.2) is 4.72 Å². The maximum atomic E-state index is 11.7. The maximum absolute atomic E-state index is 11.7. The average molecular weight is 281 g/mol. The summed E-state index contributed by atoms with van der Waals surface area (Å²) in [5, 5.41) is 0. The molecule has 8 heteroatoms. The van der Waals surface area contributed by atoms with Crippen molar-refractivity contribution in [2.75, 3.05) is 47.4 Å². The van der Waals surface area contributed by atoms with Crippen molar-refractivity contribution in [3.05, 3.63) is 0 Å². The Labute approximate surface area is 109 Å². The Morgan fingerprint density at radius 2 is 1.89 bits per heavy atom. The van der Waals surface area contributed by atoms with E-state index in [1.165, 1.54) is 14.2 Å². The SMILES string of the molecule is CCN(C)CCNS(=O)(=O)N(C)CCC(=O)OC. The predicted octanol–water partition coefficient (Wildman–Crippen LogP) is -0.733. The number of rotatable bonds is 9. The molecule has 0 bridgehead atoms. The topological polar surface area (TPSA) is 79.0 Å². The predicted molar refractivity (Wildman–Crippen MR) is 69.4 cm³/mol. The van der Waals surface area contributed by atoms with Crippen LogP contribution in [0.25, 0.3) is 0 Å². The van der Waals surface area contributed by atoms with Crippen LogP contribution in [0.4, 0.5) is 0 Å². The van der Waals surface area contributed by atoms with Crippen molar-refractivity contribution in [2.45, 2.75) is 13.3 Å². The lowest BCUT2D eigenvalue weighted by Gasteiger charge is -2.19. The third kappa shape index (κ3) is 6.90. The van der Waals surface area contributed by atoms with Crippen LogP contribution in [-0.4, -0.2) is 71.0 Å². The first-order valence-electron chi connectivity index (χ1n) is 5.79. The van der Waals surface area contributed by atoms with Gasteiger partial charge in [0.2, 0.25) is 0 Å². The molecule has 0 aromatic rings. The smallest absolute Gasteiger partial charge is 0.306 e. The molecule has 0 aliphatic heterocycles. The van der Waals surface area contributed by atoms with Gasteiger partial charge in [0, 0.05) is 26.7 Å². The summed E-state index contributed by atoms with van der Waals surface area (Å²) in [5.74, 6) is -0.428. The molecule has 7 nitrogen and oxygen atoms in total. The van der Waals surface area contributed by atoms with Gasteiger partial charge in [-0.05, 0) is 13.6 Å². The van der Waals surface area contributed by atoms with E-state index in [0.717, 1.165) is 10.8 Å². The second-order valence-corrected chi connectivity index (χ2v) is 5.81. The molecule has 0 spiro atoms. The molecule has 0 fully saturated rings. The van der Waals surface area contributed by atoms with E-state index in [-0.39, 0.29) is 13.0 Å². The van der Waals surface area contributed by atoms with E-state index in [0.29, 0.717) is 13.1 Å². The van der Waals surface area contributed by atoms with Gasteiger partial charge in [0.1, 0.15) is 0 Å². The third-order valence-corrected chi connectivity index (χ3v) is 4.16. The highest BCUT2D eigenvalue weighted by Crippen LogP contribution is 1.96. The minimum atomic E-state index is -3.52. The number of nitrogens with zero attached hydrogens (tertiary/aromatic N) is 2. The Kier molecular flexibility index (Phi) is 8.08. The fraction of sp³-hybridized carbons (Fsp3) is 0.900. The van der Waals surface area contributed by atoms with Crippen molar-refractivity contribution in [1.29, 1.82) is 0 Å². The van der Waals surface area contributed by atoms with E-state index in [4.69, 9.17) is 0 Å². The standard InChI is InChI=1S/C10H23N3O4S/c1-5-12(2)9-7-11-18(15,16)13(3)8-6-10(14)17-4/h11H,5-9H2,1-4H3. The zero-order valence-electron chi connectivity index (χ0n) is 11.5. The summed E-state index contributed by atoms with van der Waals surface area (Å²) in [6, 6.07) is 0. The molecule has 0 rings (SSSR count). The van der Waals surface area contributed by atoms with Crippen molar-refractivity contribution in [3.63, 3.8) is 0 Å². The van der Waals surface area contributed by atoms with Crippen molar-refractivity contribution in [2.24, 2.45) is 0 Å². The third-order valence-electron chi connectivity index (χ3n) is 2.59. The van der Waals surface area contributed by atoms with Crippen LogP contribution in [0.2, 0.25) is 0 Å². The number of esters is 1. The highest BCUT2D eigenvalue weighted by atomic mass is 32.2. The first kappa shape index (κ1) is 17.3. The van der Waals surface area contributed by atoms with Crippen LogP contribution in [0.3, 0.4) is 0 Å². The highest BCUT2D eigenvalue weighted by molar-refractivity contribution is 7.87. The lowest BCUT2D eigenvalue weighted by Crippen LogP contribution is -2.42. The minimum Gasteiger partial charge on any atom is -0.469 e. The van der Waals surface area contributed by atoms with Gasteiger partial charge < -0.3 is 9.64 Å². The largest absolute Gasteiger partial charge is 0.469 e. The number of carbonyl (C=O) groups is 1. The normalized spacial score (nSPS) is 12.1. The Morgan fingerprint density at radius 1 is 1.28 bits per heavy atom. The van der Waals surface area contributed by atoms with Crippen LogP contribution in [0.5, 0.6) is 0 Å². The van der Waals surface area contributed by atoms with Gasteiger partial charge in [-0.3, -0.25) is 4.79 Å². The lowest BCUT2D eigenvalue weighted by atomic mass is 10.4. The van der Waals surface area contributed by atoms with Crippen molar-refractivity contribution in [3.8, 4) is 0 Å². The Balaban J connectivity index is 4.07. The summed E-state index contributed by atoms with van der Waals surface area (Å²) in [7, 11) is 1.09. The van der Waals surface area contributed by atoms with Crippen LogP contribution in [0, 0.1) is 0 Å². The molecule has 0 aliphatic rings. The lowest BCUT2D eigenvalue weighted by molar-refractivity contribution is -0.140. The number of likely N-dealkylation sites (N-methyl/N-ethyl adjacent to an activating group) is 1. The number of hydrogen-bond donors (Lipinski definition) is 1. The van der Waals surface area contributed by atoms with Crippen LogP contribution in [0.1, 0.15) is 13.3 Å². The summed E-state index contributed by atoms with van der Waals surface area (Å²) < 4.78 is 31.5. The molecule has 0 saturated heterocycles. The van der Waals surface area contributed by atoms with Gasteiger partial charge in [0.05, 0.1) is 13.5 Å². The molecule has 0 aromatic heterocycles. The molecule has 0 amide bonds. The zero-order valence-corrected chi connectivity index (χ0v) is 12.3. The molecule has 0 aliphatic carbocycles. The highest BCUT2D eigenvalue weighted by Gasteiger charge is 2.17. The van der Waals surface area contributed by atoms with Gasteiger partial charge >= 0.3 is 5.97 Å². The summed E-state index contributed by atoms with van der Waals surface area (Å²) >= 11 is 0. The second kappa shape index (κ2) is 8.41. The number of nitrogens with one attached hydrogen (secondary N) is 1. The Bertz CT molecular complexity index is 345. The number of ether oxygens (including phenoxy) is 1. The van der Waals surface area contributed by atoms with Crippen LogP contribution >= 0.6 is 0 Å². The second-order valence-electron chi connectivity index (χ2n) is 3.94. The van der Waals surface area contributed by atoms with E-state index in [1.807, 2.05) is 18.9 Å². The number of hydrogen-bond acceptors (Lipinski definition) is 5. The summed E-state index contributed by atoms with van der Waals surface area (Å²) in [6.45, 7) is 3.94. The molecule has 0 heterocycles. The number of carbonyl (C=O) groups excluding carboxylic acids is 1. The first-order valence-corrected chi connectivity index (χ1v) is 7.23. The molecule has 0 radical (unpaired) electrons. The van der Waals surface area contributed by atoms with Crippen molar-refractivity contribution >= 4 is 16.2 Å². The molecule has 108 valence electrons. The minimum absolute atomic E-state index is 0.0444. The maximum Gasteiger partial charge on any atom is 0.306 e. The van der Waals surface area contributed by atoms with Gasteiger partial charge in [0.15, 0.2) is 0 Å². The van der Waals surface area contributed by atoms with Crippen LogP contribution in [0.15, 0.2) is 0 Å². The summed E-state index contributed by atoms with van der Waals surface area (Å²) in [4.78, 5) is 12.9. The molecule has 18 heavy (non-hydrogen) atoms. The molecule has 0 unspecified atom stereocenters. The van der Waals surface area contributed by atoms with Gasteiger partial charge in [-0.2, -0.15) is 12.7 Å². The quantitative estimate of drug-likeness (QED) is 0.564. The van der Waals surface area contributed by atoms with E-state index in [1.54, 1.807) is 0 Å².